The minimum absolute atomic E-state index is 1.01. The molecular formula is C7H16N4. The van der Waals surface area contributed by atoms with Crippen molar-refractivity contribution in [1.82, 2.24) is 20.0 Å². The van der Waals surface area contributed by atoms with E-state index in [1.807, 2.05) is 0 Å². The Bertz CT molecular complexity index is 138. The predicted molar refractivity (Wildman–Crippen MR) is 43.8 cm³/mol. The fourth-order valence-corrected chi connectivity index (χ4v) is 1.74. The van der Waals surface area contributed by atoms with Gasteiger partial charge in [0.2, 0.25) is 0 Å². The quantitative estimate of drug-likeness (QED) is 0.484. The van der Waals surface area contributed by atoms with Gasteiger partial charge in [-0.3, -0.25) is 20.0 Å². The average Bonchev–Trinajstić information content (AvgIpc) is 2.34. The lowest BCUT2D eigenvalue weighted by molar-refractivity contribution is 0.114. The van der Waals surface area contributed by atoms with E-state index in [1.165, 1.54) is 13.1 Å². The molecule has 0 aliphatic carbocycles. The standard InChI is InChI=1S/C7H16N4/c1-9-4-8-5-10-2-3-11(6-9)7-10/h8H,2-7H2,1H3. The maximum absolute atomic E-state index is 3.39. The van der Waals surface area contributed by atoms with E-state index in [2.05, 4.69) is 27.1 Å². The third-order valence-electron chi connectivity index (χ3n) is 2.29. The number of nitrogens with zero attached hydrogens (tertiary/aromatic N) is 3. The number of rotatable bonds is 0. The zero-order chi connectivity index (χ0) is 7.68. The third-order valence-corrected chi connectivity index (χ3v) is 2.29. The molecule has 1 N–H and O–H groups in total. The molecule has 2 bridgehead atoms. The van der Waals surface area contributed by atoms with Crippen LogP contribution in [0.4, 0.5) is 0 Å². The smallest absolute Gasteiger partial charge is 0.0530 e. The summed E-state index contributed by atoms with van der Waals surface area (Å²) in [7, 11) is 2.15. The highest BCUT2D eigenvalue weighted by Gasteiger charge is 2.21. The van der Waals surface area contributed by atoms with E-state index >= 15 is 0 Å². The number of nitrogens with one attached hydrogen (secondary N) is 1. The molecule has 4 nitrogen and oxygen atoms in total. The molecule has 0 spiro atoms. The van der Waals surface area contributed by atoms with Gasteiger partial charge in [-0.15, -0.1) is 0 Å². The van der Waals surface area contributed by atoms with Crippen LogP contribution in [0.1, 0.15) is 0 Å². The molecule has 2 saturated heterocycles. The maximum Gasteiger partial charge on any atom is 0.0530 e. The van der Waals surface area contributed by atoms with E-state index in [1.54, 1.807) is 0 Å². The van der Waals surface area contributed by atoms with Crippen molar-refractivity contribution in [3.8, 4) is 0 Å². The molecule has 2 fully saturated rings. The maximum atomic E-state index is 3.39. The fourth-order valence-electron chi connectivity index (χ4n) is 1.74. The van der Waals surface area contributed by atoms with Crippen LogP contribution in [0, 0.1) is 0 Å². The molecular weight excluding hydrogens is 140 g/mol. The first kappa shape index (κ1) is 7.49. The molecule has 2 rings (SSSR count). The molecule has 11 heavy (non-hydrogen) atoms. The lowest BCUT2D eigenvalue weighted by Crippen LogP contribution is -2.46. The Kier molecular flexibility index (Phi) is 2.09. The van der Waals surface area contributed by atoms with Crippen molar-refractivity contribution in [2.24, 2.45) is 0 Å². The van der Waals surface area contributed by atoms with Crippen molar-refractivity contribution in [3.05, 3.63) is 0 Å². The van der Waals surface area contributed by atoms with Gasteiger partial charge in [-0.25, -0.2) is 0 Å². The Hall–Kier alpha value is -0.160. The van der Waals surface area contributed by atoms with Crippen LogP contribution in [0.3, 0.4) is 0 Å². The molecule has 0 amide bonds. The third kappa shape index (κ3) is 1.70. The molecule has 4 heteroatoms. The number of fused-ring (bicyclic) bond motifs is 2. The Labute approximate surface area is 67.7 Å². The number of hydrogen-bond acceptors (Lipinski definition) is 4. The second kappa shape index (κ2) is 3.06. The summed E-state index contributed by atoms with van der Waals surface area (Å²) in [6.45, 7) is 6.74. The first-order valence-corrected chi connectivity index (χ1v) is 4.18. The summed E-state index contributed by atoms with van der Waals surface area (Å²) in [4.78, 5) is 7.22. The molecule has 0 aromatic heterocycles. The fraction of sp³-hybridized carbons (Fsp3) is 1.00. The van der Waals surface area contributed by atoms with Crippen molar-refractivity contribution in [3.63, 3.8) is 0 Å². The van der Waals surface area contributed by atoms with Crippen LogP contribution >= 0.6 is 0 Å². The van der Waals surface area contributed by atoms with Crippen LogP contribution in [0.2, 0.25) is 0 Å². The summed E-state index contributed by atoms with van der Waals surface area (Å²) < 4.78 is 0. The van der Waals surface area contributed by atoms with Crippen molar-refractivity contribution in [1.29, 1.82) is 0 Å². The molecule has 2 aliphatic heterocycles. The summed E-state index contributed by atoms with van der Waals surface area (Å²) in [5.41, 5.74) is 0. The first-order valence-electron chi connectivity index (χ1n) is 4.18. The summed E-state index contributed by atoms with van der Waals surface area (Å²) in [6.07, 6.45) is 0. The van der Waals surface area contributed by atoms with Crippen LogP contribution in [0.25, 0.3) is 0 Å². The molecule has 0 radical (unpaired) electrons. The van der Waals surface area contributed by atoms with Crippen LogP contribution in [-0.2, 0) is 0 Å². The minimum atomic E-state index is 1.01. The van der Waals surface area contributed by atoms with E-state index in [4.69, 9.17) is 0 Å². The molecule has 0 aromatic carbocycles. The average molecular weight is 156 g/mol. The normalized spacial score (nSPS) is 40.1. The Morgan fingerprint density at radius 3 is 2.73 bits per heavy atom. The van der Waals surface area contributed by atoms with Crippen molar-refractivity contribution in [2.75, 3.05) is 46.8 Å². The van der Waals surface area contributed by atoms with E-state index < -0.39 is 0 Å². The van der Waals surface area contributed by atoms with Gasteiger partial charge in [0, 0.05) is 19.8 Å². The largest absolute Gasteiger partial charge is 0.291 e. The molecule has 0 saturated carbocycles. The van der Waals surface area contributed by atoms with E-state index in [9.17, 15) is 0 Å². The van der Waals surface area contributed by atoms with E-state index in [0.717, 1.165) is 26.7 Å². The van der Waals surface area contributed by atoms with Crippen LogP contribution in [-0.4, -0.2) is 61.5 Å². The van der Waals surface area contributed by atoms with E-state index in [0.29, 0.717) is 0 Å². The van der Waals surface area contributed by atoms with Gasteiger partial charge in [0.25, 0.3) is 0 Å². The minimum Gasteiger partial charge on any atom is -0.291 e. The molecule has 2 atom stereocenters. The van der Waals surface area contributed by atoms with E-state index in [-0.39, 0.29) is 0 Å². The second-order valence-electron chi connectivity index (χ2n) is 3.49. The summed E-state index contributed by atoms with van der Waals surface area (Å²) in [5.74, 6) is 0. The highest BCUT2D eigenvalue weighted by Crippen LogP contribution is 2.05. The Morgan fingerprint density at radius 2 is 1.82 bits per heavy atom. The van der Waals surface area contributed by atoms with Gasteiger partial charge in [0.05, 0.1) is 20.0 Å². The summed E-state index contributed by atoms with van der Waals surface area (Å²) in [5, 5.41) is 3.39. The lowest BCUT2D eigenvalue weighted by Gasteiger charge is -2.28. The summed E-state index contributed by atoms with van der Waals surface area (Å²) >= 11 is 0. The van der Waals surface area contributed by atoms with Crippen molar-refractivity contribution >= 4 is 0 Å². The molecule has 2 heterocycles. The van der Waals surface area contributed by atoms with Crippen LogP contribution < -0.4 is 5.32 Å². The van der Waals surface area contributed by atoms with Gasteiger partial charge >= 0.3 is 0 Å². The Balaban J connectivity index is 1.94. The number of hydrogen-bond donors (Lipinski definition) is 1. The van der Waals surface area contributed by atoms with Gasteiger partial charge in [0.15, 0.2) is 0 Å². The molecule has 2 unspecified atom stereocenters. The van der Waals surface area contributed by atoms with Gasteiger partial charge in [-0.05, 0) is 7.05 Å². The van der Waals surface area contributed by atoms with Crippen LogP contribution in [0.5, 0.6) is 0 Å². The monoisotopic (exact) mass is 156 g/mol. The van der Waals surface area contributed by atoms with Gasteiger partial charge in [-0.2, -0.15) is 0 Å². The second-order valence-corrected chi connectivity index (χ2v) is 3.49. The highest BCUT2D eigenvalue weighted by atomic mass is 15.5. The highest BCUT2D eigenvalue weighted by molar-refractivity contribution is 4.72. The molecule has 64 valence electrons. The SMILES string of the molecule is CN1CNCN2CCN(C1)C2. The van der Waals surface area contributed by atoms with Crippen LogP contribution in [0.15, 0.2) is 0 Å². The summed E-state index contributed by atoms with van der Waals surface area (Å²) in [6, 6.07) is 0. The predicted octanol–water partition coefficient (Wildman–Crippen LogP) is -1.03. The van der Waals surface area contributed by atoms with Crippen molar-refractivity contribution < 1.29 is 0 Å². The first-order chi connectivity index (χ1) is 5.34. The lowest BCUT2D eigenvalue weighted by atomic mass is 10.6. The Morgan fingerprint density at radius 1 is 1.00 bits per heavy atom. The zero-order valence-corrected chi connectivity index (χ0v) is 7.08. The van der Waals surface area contributed by atoms with Crippen molar-refractivity contribution in [2.45, 2.75) is 0 Å². The molecule has 0 aromatic rings. The van der Waals surface area contributed by atoms with Gasteiger partial charge in [-0.1, -0.05) is 0 Å². The van der Waals surface area contributed by atoms with Gasteiger partial charge < -0.3 is 0 Å². The zero-order valence-electron chi connectivity index (χ0n) is 7.08. The molecule has 2 aliphatic rings. The van der Waals surface area contributed by atoms with Gasteiger partial charge in [0.1, 0.15) is 0 Å². The topological polar surface area (TPSA) is 21.8 Å².